The van der Waals surface area contributed by atoms with E-state index in [9.17, 15) is 9.90 Å². The lowest BCUT2D eigenvalue weighted by molar-refractivity contribution is 0.102. The van der Waals surface area contributed by atoms with Crippen molar-refractivity contribution in [1.29, 1.82) is 0 Å². The zero-order chi connectivity index (χ0) is 10.8. The molecule has 0 spiro atoms. The number of nitrogens with zero attached hydrogens (tertiary/aromatic N) is 2. The summed E-state index contributed by atoms with van der Waals surface area (Å²) in [7, 11) is 0. The number of nitrogens with two attached hydrogens (primary N) is 1. The second kappa shape index (κ2) is 3.41. The van der Waals surface area contributed by atoms with Crippen LogP contribution in [0.25, 0.3) is 0 Å². The Hall–Kier alpha value is -2.37. The van der Waals surface area contributed by atoms with E-state index in [1.165, 1.54) is 12.1 Å². The Labute approximate surface area is 84.8 Å². The van der Waals surface area contributed by atoms with Crippen molar-refractivity contribution in [3.8, 4) is 5.75 Å². The lowest BCUT2D eigenvalue weighted by Crippen LogP contribution is -2.04. The van der Waals surface area contributed by atoms with Gasteiger partial charge in [-0.2, -0.15) is 4.98 Å². The quantitative estimate of drug-likeness (QED) is 0.611. The van der Waals surface area contributed by atoms with E-state index in [1.807, 2.05) is 0 Å². The van der Waals surface area contributed by atoms with E-state index < -0.39 is 5.78 Å². The number of nitrogen functional groups attached to an aromatic ring is 1. The van der Waals surface area contributed by atoms with Gasteiger partial charge >= 0.3 is 0 Å². The topological polar surface area (TPSA) is 105 Å². The van der Waals surface area contributed by atoms with Crippen LogP contribution < -0.4 is 5.73 Å². The third-order valence-corrected chi connectivity index (χ3v) is 1.85. The van der Waals surface area contributed by atoms with Gasteiger partial charge in [0.2, 0.25) is 17.6 Å². The molecule has 0 atom stereocenters. The minimum Gasteiger partial charge on any atom is -0.507 e. The molecule has 0 aliphatic heterocycles. The van der Waals surface area contributed by atoms with Crippen molar-refractivity contribution in [3.63, 3.8) is 0 Å². The maximum atomic E-state index is 11.7. The normalized spacial score (nSPS) is 10.1. The Morgan fingerprint density at radius 2 is 2.13 bits per heavy atom. The number of benzene rings is 1. The van der Waals surface area contributed by atoms with Crippen LogP contribution in [0.15, 0.2) is 24.3 Å². The number of H-pyrrole nitrogens is 1. The van der Waals surface area contributed by atoms with Gasteiger partial charge in [-0.3, -0.25) is 4.79 Å². The molecule has 1 aromatic carbocycles. The number of hydrogen-bond acceptors (Lipinski definition) is 5. The minimum atomic E-state index is -0.471. The van der Waals surface area contributed by atoms with Gasteiger partial charge in [0.05, 0.1) is 5.56 Å². The van der Waals surface area contributed by atoms with Crippen molar-refractivity contribution >= 4 is 11.7 Å². The zero-order valence-electron chi connectivity index (χ0n) is 7.64. The van der Waals surface area contributed by atoms with Gasteiger partial charge in [0.25, 0.3) is 0 Å². The van der Waals surface area contributed by atoms with Crippen LogP contribution in [0.5, 0.6) is 5.75 Å². The fourth-order valence-corrected chi connectivity index (χ4v) is 1.16. The van der Waals surface area contributed by atoms with Gasteiger partial charge in [-0.1, -0.05) is 12.1 Å². The molecule has 2 rings (SSSR count). The van der Waals surface area contributed by atoms with Crippen LogP contribution in [-0.2, 0) is 0 Å². The number of anilines is 1. The average molecular weight is 204 g/mol. The van der Waals surface area contributed by atoms with Crippen molar-refractivity contribution in [3.05, 3.63) is 35.7 Å². The average Bonchev–Trinajstić information content (AvgIpc) is 2.65. The van der Waals surface area contributed by atoms with E-state index in [4.69, 9.17) is 5.73 Å². The number of phenols is 1. The van der Waals surface area contributed by atoms with E-state index in [0.717, 1.165) is 0 Å². The zero-order valence-corrected chi connectivity index (χ0v) is 7.64. The molecule has 0 aliphatic rings. The van der Waals surface area contributed by atoms with Gasteiger partial charge in [0.1, 0.15) is 5.75 Å². The lowest BCUT2D eigenvalue weighted by atomic mass is 10.1. The van der Waals surface area contributed by atoms with Crippen LogP contribution >= 0.6 is 0 Å². The summed E-state index contributed by atoms with van der Waals surface area (Å²) in [5.74, 6) is -0.574. The summed E-state index contributed by atoms with van der Waals surface area (Å²) in [6.45, 7) is 0. The second-order valence-corrected chi connectivity index (χ2v) is 2.89. The highest BCUT2D eigenvalue weighted by Gasteiger charge is 2.16. The molecule has 0 aliphatic carbocycles. The number of carbonyl (C=O) groups is 1. The maximum Gasteiger partial charge on any atom is 0.235 e. The summed E-state index contributed by atoms with van der Waals surface area (Å²) in [5.41, 5.74) is 5.44. The van der Waals surface area contributed by atoms with Crippen LogP contribution in [0.4, 0.5) is 5.95 Å². The van der Waals surface area contributed by atoms with E-state index >= 15 is 0 Å². The first kappa shape index (κ1) is 9.20. The SMILES string of the molecule is Nc1nc(C(=O)c2ccccc2O)n[nH]1. The van der Waals surface area contributed by atoms with Crippen LogP contribution in [0, 0.1) is 0 Å². The molecule has 6 heteroatoms. The third-order valence-electron chi connectivity index (χ3n) is 1.85. The largest absolute Gasteiger partial charge is 0.507 e. The number of para-hydroxylation sites is 1. The van der Waals surface area contributed by atoms with Gasteiger partial charge < -0.3 is 10.8 Å². The molecule has 0 saturated heterocycles. The van der Waals surface area contributed by atoms with Crippen LogP contribution in [0.1, 0.15) is 16.2 Å². The highest BCUT2D eigenvalue weighted by atomic mass is 16.3. The number of phenolic OH excluding ortho intramolecular Hbond substituents is 1. The predicted octanol–water partition coefficient (Wildman–Crippen LogP) is 0.324. The van der Waals surface area contributed by atoms with Crippen molar-refractivity contribution < 1.29 is 9.90 Å². The molecule has 0 amide bonds. The Balaban J connectivity index is 2.41. The van der Waals surface area contributed by atoms with Crippen LogP contribution in [0.3, 0.4) is 0 Å². The van der Waals surface area contributed by atoms with Gasteiger partial charge in [-0.15, -0.1) is 5.10 Å². The molecule has 6 nitrogen and oxygen atoms in total. The van der Waals surface area contributed by atoms with E-state index in [2.05, 4.69) is 15.2 Å². The Bertz CT molecular complexity index is 506. The molecule has 15 heavy (non-hydrogen) atoms. The first-order chi connectivity index (χ1) is 7.18. The van der Waals surface area contributed by atoms with E-state index in [0.29, 0.717) is 0 Å². The number of aromatic hydroxyl groups is 1. The molecule has 2 aromatic rings. The molecule has 76 valence electrons. The van der Waals surface area contributed by atoms with Crippen LogP contribution in [-0.4, -0.2) is 26.1 Å². The summed E-state index contributed by atoms with van der Waals surface area (Å²) in [6, 6.07) is 6.18. The Morgan fingerprint density at radius 1 is 1.40 bits per heavy atom. The number of carbonyl (C=O) groups excluding carboxylic acids is 1. The van der Waals surface area contributed by atoms with Crippen molar-refractivity contribution in [2.75, 3.05) is 5.73 Å². The molecular formula is C9H8N4O2. The monoisotopic (exact) mass is 204 g/mol. The fourth-order valence-electron chi connectivity index (χ4n) is 1.16. The molecule has 0 saturated carbocycles. The molecule has 0 bridgehead atoms. The smallest absolute Gasteiger partial charge is 0.235 e. The Morgan fingerprint density at radius 3 is 2.73 bits per heavy atom. The van der Waals surface area contributed by atoms with Crippen molar-refractivity contribution in [2.24, 2.45) is 0 Å². The fraction of sp³-hybridized carbons (Fsp3) is 0. The van der Waals surface area contributed by atoms with Gasteiger partial charge in [0, 0.05) is 0 Å². The molecule has 0 unspecified atom stereocenters. The standard InChI is InChI=1S/C9H8N4O2/c10-9-11-8(12-13-9)7(15)5-3-1-2-4-6(5)14/h1-4,14H,(H3,10,11,12,13). The van der Waals surface area contributed by atoms with Gasteiger partial charge in [-0.25, -0.2) is 5.10 Å². The highest BCUT2D eigenvalue weighted by Crippen LogP contribution is 2.18. The van der Waals surface area contributed by atoms with Crippen molar-refractivity contribution in [1.82, 2.24) is 15.2 Å². The number of nitrogens with one attached hydrogen (secondary N) is 1. The van der Waals surface area contributed by atoms with Crippen LogP contribution in [0.2, 0.25) is 0 Å². The number of rotatable bonds is 2. The van der Waals surface area contributed by atoms with Crippen molar-refractivity contribution in [2.45, 2.75) is 0 Å². The van der Waals surface area contributed by atoms with Gasteiger partial charge in [0.15, 0.2) is 0 Å². The van der Waals surface area contributed by atoms with E-state index in [-0.39, 0.29) is 23.1 Å². The number of hydrogen-bond donors (Lipinski definition) is 3. The number of aromatic amines is 1. The molecular weight excluding hydrogens is 196 g/mol. The summed E-state index contributed by atoms with van der Waals surface area (Å²) < 4.78 is 0. The number of ketones is 1. The van der Waals surface area contributed by atoms with Gasteiger partial charge in [-0.05, 0) is 12.1 Å². The molecule has 0 fully saturated rings. The minimum absolute atomic E-state index is 0.0611. The first-order valence-corrected chi connectivity index (χ1v) is 4.19. The van der Waals surface area contributed by atoms with E-state index in [1.54, 1.807) is 12.1 Å². The molecule has 0 radical (unpaired) electrons. The molecule has 1 heterocycles. The summed E-state index contributed by atoms with van der Waals surface area (Å²) in [4.78, 5) is 15.4. The second-order valence-electron chi connectivity index (χ2n) is 2.89. The maximum absolute atomic E-state index is 11.7. The highest BCUT2D eigenvalue weighted by molar-refractivity contribution is 6.08. The first-order valence-electron chi connectivity index (χ1n) is 4.19. The summed E-state index contributed by atoms with van der Waals surface area (Å²) >= 11 is 0. The molecule has 1 aromatic heterocycles. The lowest BCUT2D eigenvalue weighted by Gasteiger charge is -1.98. The molecule has 4 N–H and O–H groups in total. The number of aromatic nitrogens is 3. The third kappa shape index (κ3) is 1.64. The summed E-state index contributed by atoms with van der Waals surface area (Å²) in [5, 5.41) is 15.4. The summed E-state index contributed by atoms with van der Waals surface area (Å²) in [6.07, 6.45) is 0. The Kier molecular flexibility index (Phi) is 2.09. The predicted molar refractivity (Wildman–Crippen MR) is 52.3 cm³/mol.